The normalized spacial score (nSPS) is 11.4. The van der Waals surface area contributed by atoms with Crippen LogP contribution in [0, 0.1) is 0 Å². The zero-order valence-corrected chi connectivity index (χ0v) is 12.7. The lowest BCUT2D eigenvalue weighted by Gasteiger charge is -2.05. The third-order valence-corrected chi connectivity index (χ3v) is 3.88. The third-order valence-electron chi connectivity index (χ3n) is 2.90. The van der Waals surface area contributed by atoms with Crippen molar-refractivity contribution in [2.24, 2.45) is 0 Å². The minimum Gasteiger partial charge on any atom is -0.440 e. The Labute approximate surface area is 119 Å². The monoisotopic (exact) mass is 278 g/mol. The van der Waals surface area contributed by atoms with E-state index in [0.29, 0.717) is 5.92 Å². The Morgan fingerprint density at radius 1 is 1.37 bits per heavy atom. The molecule has 4 heteroatoms. The number of hydrogen-bond donors (Lipinski definition) is 1. The molecular formula is C15H22N2OS. The Morgan fingerprint density at radius 2 is 2.21 bits per heavy atom. The number of benzene rings is 1. The Kier molecular flexibility index (Phi) is 5.14. The minimum atomic E-state index is 0.329. The van der Waals surface area contributed by atoms with Crippen LogP contribution in [-0.4, -0.2) is 23.0 Å². The average Bonchev–Trinajstić information content (AvgIpc) is 2.82. The molecule has 0 saturated carbocycles. The zero-order valence-electron chi connectivity index (χ0n) is 11.9. The molecule has 3 nitrogen and oxygen atoms in total. The Bertz CT molecular complexity index is 522. The van der Waals surface area contributed by atoms with Crippen LogP contribution in [0.1, 0.15) is 39.0 Å². The minimum absolute atomic E-state index is 0.329. The van der Waals surface area contributed by atoms with Crippen molar-refractivity contribution in [1.82, 2.24) is 4.98 Å². The molecule has 1 aromatic carbocycles. The number of anilines is 1. The standard InChI is InChI=1S/C15H22N2OS/c1-4-19-9-5-8-16-12-6-7-14-13(10-12)17-15(18-14)11(2)3/h6-7,10-11,16H,4-5,8-9H2,1-3H3. The molecular weight excluding hydrogens is 256 g/mol. The van der Waals surface area contributed by atoms with Crippen molar-refractivity contribution in [3.8, 4) is 0 Å². The summed E-state index contributed by atoms with van der Waals surface area (Å²) in [6, 6.07) is 6.12. The highest BCUT2D eigenvalue weighted by Crippen LogP contribution is 2.23. The Morgan fingerprint density at radius 3 is 2.95 bits per heavy atom. The van der Waals surface area contributed by atoms with E-state index in [1.54, 1.807) is 0 Å². The van der Waals surface area contributed by atoms with E-state index in [1.165, 1.54) is 17.9 Å². The van der Waals surface area contributed by atoms with Gasteiger partial charge in [-0.3, -0.25) is 0 Å². The van der Waals surface area contributed by atoms with E-state index in [4.69, 9.17) is 4.42 Å². The van der Waals surface area contributed by atoms with Gasteiger partial charge in [0.05, 0.1) is 0 Å². The Balaban J connectivity index is 1.97. The van der Waals surface area contributed by atoms with E-state index in [9.17, 15) is 0 Å². The molecule has 2 rings (SSSR count). The molecule has 0 saturated heterocycles. The summed E-state index contributed by atoms with van der Waals surface area (Å²) in [5, 5.41) is 3.44. The van der Waals surface area contributed by atoms with Gasteiger partial charge in [-0.05, 0) is 36.1 Å². The highest BCUT2D eigenvalue weighted by atomic mass is 32.2. The van der Waals surface area contributed by atoms with Gasteiger partial charge in [0.15, 0.2) is 11.5 Å². The van der Waals surface area contributed by atoms with Gasteiger partial charge in [-0.15, -0.1) is 0 Å². The van der Waals surface area contributed by atoms with E-state index >= 15 is 0 Å². The second-order valence-corrected chi connectivity index (χ2v) is 6.26. The highest BCUT2D eigenvalue weighted by Gasteiger charge is 2.09. The van der Waals surface area contributed by atoms with E-state index in [0.717, 1.165) is 29.2 Å². The number of thioether (sulfide) groups is 1. The predicted molar refractivity (Wildman–Crippen MR) is 84.2 cm³/mol. The molecule has 1 aromatic heterocycles. The highest BCUT2D eigenvalue weighted by molar-refractivity contribution is 7.99. The smallest absolute Gasteiger partial charge is 0.198 e. The largest absolute Gasteiger partial charge is 0.440 e. The molecule has 19 heavy (non-hydrogen) atoms. The van der Waals surface area contributed by atoms with Gasteiger partial charge < -0.3 is 9.73 Å². The summed E-state index contributed by atoms with van der Waals surface area (Å²) >= 11 is 1.98. The molecule has 0 atom stereocenters. The first kappa shape index (κ1) is 14.3. The van der Waals surface area contributed by atoms with E-state index < -0.39 is 0 Å². The lowest BCUT2D eigenvalue weighted by molar-refractivity contribution is 0.501. The first-order valence-corrected chi connectivity index (χ1v) is 8.08. The van der Waals surface area contributed by atoms with Gasteiger partial charge in [0, 0.05) is 18.2 Å². The van der Waals surface area contributed by atoms with Crippen LogP contribution in [0.15, 0.2) is 22.6 Å². The molecule has 1 N–H and O–H groups in total. The van der Waals surface area contributed by atoms with Crippen molar-refractivity contribution < 1.29 is 4.42 Å². The third kappa shape index (κ3) is 3.90. The molecule has 0 aliphatic rings. The fraction of sp³-hybridized carbons (Fsp3) is 0.533. The quantitative estimate of drug-likeness (QED) is 0.756. The lowest BCUT2D eigenvalue weighted by Crippen LogP contribution is -2.02. The van der Waals surface area contributed by atoms with Crippen LogP contribution in [0.3, 0.4) is 0 Å². The first-order chi connectivity index (χ1) is 9.20. The summed E-state index contributed by atoms with van der Waals surface area (Å²) in [6.07, 6.45) is 1.19. The van der Waals surface area contributed by atoms with Crippen LogP contribution in [0.5, 0.6) is 0 Å². The van der Waals surface area contributed by atoms with Crippen LogP contribution < -0.4 is 5.32 Å². The fourth-order valence-corrected chi connectivity index (χ4v) is 2.49. The summed E-state index contributed by atoms with van der Waals surface area (Å²) in [5.74, 6) is 3.55. The summed E-state index contributed by atoms with van der Waals surface area (Å²) in [4.78, 5) is 4.52. The van der Waals surface area contributed by atoms with Crippen LogP contribution in [0.4, 0.5) is 5.69 Å². The molecule has 0 fully saturated rings. The number of rotatable bonds is 7. The van der Waals surface area contributed by atoms with Crippen LogP contribution in [0.2, 0.25) is 0 Å². The maximum atomic E-state index is 5.70. The molecule has 2 aromatic rings. The van der Waals surface area contributed by atoms with Crippen molar-refractivity contribution >= 4 is 28.5 Å². The summed E-state index contributed by atoms with van der Waals surface area (Å²) in [7, 11) is 0. The molecule has 0 amide bonds. The summed E-state index contributed by atoms with van der Waals surface area (Å²) < 4.78 is 5.70. The molecule has 0 bridgehead atoms. The fourth-order valence-electron chi connectivity index (χ4n) is 1.85. The topological polar surface area (TPSA) is 38.1 Å². The molecule has 0 radical (unpaired) electrons. The number of oxazole rings is 1. The lowest BCUT2D eigenvalue weighted by atomic mass is 10.2. The number of nitrogens with one attached hydrogen (secondary N) is 1. The maximum absolute atomic E-state index is 5.70. The second kappa shape index (κ2) is 6.85. The van der Waals surface area contributed by atoms with Crippen LogP contribution in [0.25, 0.3) is 11.1 Å². The number of nitrogens with zero attached hydrogens (tertiary/aromatic N) is 1. The maximum Gasteiger partial charge on any atom is 0.198 e. The van der Waals surface area contributed by atoms with Crippen molar-refractivity contribution in [3.05, 3.63) is 24.1 Å². The number of hydrogen-bond acceptors (Lipinski definition) is 4. The molecule has 104 valence electrons. The van der Waals surface area contributed by atoms with E-state index in [-0.39, 0.29) is 0 Å². The first-order valence-electron chi connectivity index (χ1n) is 6.92. The van der Waals surface area contributed by atoms with Gasteiger partial charge in [-0.1, -0.05) is 20.8 Å². The predicted octanol–water partition coefficient (Wildman–Crippen LogP) is 4.51. The van der Waals surface area contributed by atoms with Crippen LogP contribution in [-0.2, 0) is 0 Å². The van der Waals surface area contributed by atoms with Crippen molar-refractivity contribution in [1.29, 1.82) is 0 Å². The van der Waals surface area contributed by atoms with Gasteiger partial charge >= 0.3 is 0 Å². The van der Waals surface area contributed by atoms with Gasteiger partial charge in [-0.2, -0.15) is 11.8 Å². The van der Waals surface area contributed by atoms with Gasteiger partial charge in [0.25, 0.3) is 0 Å². The second-order valence-electron chi connectivity index (χ2n) is 4.87. The van der Waals surface area contributed by atoms with Crippen LogP contribution >= 0.6 is 11.8 Å². The molecule has 0 unspecified atom stereocenters. The summed E-state index contributed by atoms with van der Waals surface area (Å²) in [6.45, 7) is 7.39. The SMILES string of the molecule is CCSCCCNc1ccc2oc(C(C)C)nc2c1. The number of aromatic nitrogens is 1. The van der Waals surface area contributed by atoms with Gasteiger partial charge in [-0.25, -0.2) is 4.98 Å². The van der Waals surface area contributed by atoms with Gasteiger partial charge in [0.1, 0.15) is 5.52 Å². The number of fused-ring (bicyclic) bond motifs is 1. The summed E-state index contributed by atoms with van der Waals surface area (Å²) in [5.41, 5.74) is 2.94. The molecule has 1 heterocycles. The van der Waals surface area contributed by atoms with E-state index in [1.807, 2.05) is 17.8 Å². The average molecular weight is 278 g/mol. The van der Waals surface area contributed by atoms with E-state index in [2.05, 4.69) is 43.2 Å². The van der Waals surface area contributed by atoms with Crippen molar-refractivity contribution in [2.75, 3.05) is 23.4 Å². The molecule has 0 aliphatic heterocycles. The molecule has 0 spiro atoms. The molecule has 0 aliphatic carbocycles. The van der Waals surface area contributed by atoms with Gasteiger partial charge in [0.2, 0.25) is 0 Å². The van der Waals surface area contributed by atoms with Crippen molar-refractivity contribution in [2.45, 2.75) is 33.1 Å². The van der Waals surface area contributed by atoms with Crippen molar-refractivity contribution in [3.63, 3.8) is 0 Å². The zero-order chi connectivity index (χ0) is 13.7. The Hall–Kier alpha value is -1.16.